The summed E-state index contributed by atoms with van der Waals surface area (Å²) in [6.45, 7) is 1.65. The minimum atomic E-state index is -0.976. The van der Waals surface area contributed by atoms with Crippen molar-refractivity contribution in [3.63, 3.8) is 0 Å². The third-order valence-corrected chi connectivity index (χ3v) is 2.04. The maximum atomic E-state index is 12.8. The van der Waals surface area contributed by atoms with Gasteiger partial charge in [0.25, 0.3) is 0 Å². The number of benzene rings is 1. The van der Waals surface area contributed by atoms with Crippen LogP contribution in [0, 0.1) is 11.6 Å². The predicted octanol–water partition coefficient (Wildman–Crippen LogP) is 2.46. The van der Waals surface area contributed by atoms with Gasteiger partial charge in [0.2, 0.25) is 0 Å². The van der Waals surface area contributed by atoms with Gasteiger partial charge in [-0.1, -0.05) is 0 Å². The molecule has 3 nitrogen and oxygen atoms in total. The minimum absolute atomic E-state index is 0.0754. The number of hydrogen-bond donors (Lipinski definition) is 0. The molecule has 1 rings (SSSR count). The van der Waals surface area contributed by atoms with Crippen molar-refractivity contribution in [2.24, 2.45) is 0 Å². The Labute approximate surface area is 97.7 Å². The Balaban J connectivity index is 2.56. The molecule has 0 aliphatic carbocycles. The van der Waals surface area contributed by atoms with Crippen LogP contribution in [0.5, 0.6) is 5.75 Å². The Morgan fingerprint density at radius 3 is 2.65 bits per heavy atom. The van der Waals surface area contributed by atoms with Gasteiger partial charge >= 0.3 is 5.97 Å². The first-order chi connectivity index (χ1) is 8.04. The lowest BCUT2D eigenvalue weighted by Crippen LogP contribution is -2.04. The van der Waals surface area contributed by atoms with E-state index in [9.17, 15) is 13.6 Å². The van der Waals surface area contributed by atoms with Crippen LogP contribution in [0.4, 0.5) is 8.78 Å². The van der Waals surface area contributed by atoms with Crippen molar-refractivity contribution in [3.8, 4) is 5.75 Å². The standard InChI is InChI=1S/C12H12F2O3/c1-8(12(15)16-2)5-6-17-9-3-4-10(13)11(14)7-9/h3-5,7H,6H2,1-2H3. The summed E-state index contributed by atoms with van der Waals surface area (Å²) < 4.78 is 35.0. The van der Waals surface area contributed by atoms with E-state index in [4.69, 9.17) is 4.74 Å². The van der Waals surface area contributed by atoms with Crippen LogP contribution < -0.4 is 4.74 Å². The Kier molecular flexibility index (Phi) is 4.63. The third kappa shape index (κ3) is 3.86. The second kappa shape index (κ2) is 5.98. The van der Waals surface area contributed by atoms with Gasteiger partial charge in [-0.25, -0.2) is 13.6 Å². The van der Waals surface area contributed by atoms with E-state index in [1.165, 1.54) is 19.3 Å². The lowest BCUT2D eigenvalue weighted by atomic mass is 10.3. The lowest BCUT2D eigenvalue weighted by Gasteiger charge is -2.04. The number of hydrogen-bond acceptors (Lipinski definition) is 3. The number of ether oxygens (including phenoxy) is 2. The zero-order chi connectivity index (χ0) is 12.8. The van der Waals surface area contributed by atoms with Crippen LogP contribution in [-0.4, -0.2) is 19.7 Å². The lowest BCUT2D eigenvalue weighted by molar-refractivity contribution is -0.136. The number of halogens is 2. The molecule has 1 aromatic rings. The fraction of sp³-hybridized carbons (Fsp3) is 0.250. The van der Waals surface area contributed by atoms with E-state index < -0.39 is 17.6 Å². The Morgan fingerprint density at radius 1 is 1.35 bits per heavy atom. The maximum Gasteiger partial charge on any atom is 0.333 e. The fourth-order valence-corrected chi connectivity index (χ4v) is 1.07. The molecule has 0 aliphatic rings. The van der Waals surface area contributed by atoms with Crippen LogP contribution >= 0.6 is 0 Å². The molecule has 17 heavy (non-hydrogen) atoms. The molecule has 5 heteroatoms. The number of esters is 1. The van der Waals surface area contributed by atoms with Crippen molar-refractivity contribution < 1.29 is 23.0 Å². The molecule has 0 saturated heterocycles. The number of carbonyl (C=O) groups excluding carboxylic acids is 1. The second-order valence-electron chi connectivity index (χ2n) is 3.27. The summed E-state index contributed by atoms with van der Waals surface area (Å²) >= 11 is 0. The molecule has 0 unspecified atom stereocenters. The van der Waals surface area contributed by atoms with Gasteiger partial charge in [0.1, 0.15) is 12.4 Å². The molecular weight excluding hydrogens is 230 g/mol. The predicted molar refractivity (Wildman–Crippen MR) is 57.6 cm³/mol. The Morgan fingerprint density at radius 2 is 2.06 bits per heavy atom. The Hall–Kier alpha value is -1.91. The zero-order valence-electron chi connectivity index (χ0n) is 9.50. The van der Waals surface area contributed by atoms with Gasteiger partial charge in [-0.3, -0.25) is 0 Å². The molecule has 0 bridgehead atoms. The fourth-order valence-electron chi connectivity index (χ4n) is 1.07. The molecule has 0 radical (unpaired) electrons. The molecular formula is C12H12F2O3. The molecule has 0 fully saturated rings. The zero-order valence-corrected chi connectivity index (χ0v) is 9.50. The first-order valence-electron chi connectivity index (χ1n) is 4.87. The summed E-state index contributed by atoms with van der Waals surface area (Å²) in [4.78, 5) is 11.0. The summed E-state index contributed by atoms with van der Waals surface area (Å²) in [6, 6.07) is 3.22. The van der Waals surface area contributed by atoms with Gasteiger partial charge in [0.15, 0.2) is 11.6 Å². The molecule has 0 N–H and O–H groups in total. The SMILES string of the molecule is COC(=O)C(C)=CCOc1ccc(F)c(F)c1. The molecule has 0 heterocycles. The molecule has 0 saturated carbocycles. The number of rotatable bonds is 4. The van der Waals surface area contributed by atoms with Crippen molar-refractivity contribution in [2.45, 2.75) is 6.92 Å². The van der Waals surface area contributed by atoms with Crippen LogP contribution in [0.1, 0.15) is 6.92 Å². The molecule has 1 aromatic carbocycles. The van der Waals surface area contributed by atoms with E-state index in [0.29, 0.717) is 5.57 Å². The molecule has 0 aromatic heterocycles. The minimum Gasteiger partial charge on any atom is -0.489 e. The third-order valence-electron chi connectivity index (χ3n) is 2.04. The van der Waals surface area contributed by atoms with Crippen LogP contribution in [0.25, 0.3) is 0 Å². The largest absolute Gasteiger partial charge is 0.489 e. The first-order valence-corrected chi connectivity index (χ1v) is 4.87. The average molecular weight is 242 g/mol. The quantitative estimate of drug-likeness (QED) is 0.601. The number of carbonyl (C=O) groups is 1. The summed E-state index contributed by atoms with van der Waals surface area (Å²) in [5, 5.41) is 0. The van der Waals surface area contributed by atoms with Crippen molar-refractivity contribution in [3.05, 3.63) is 41.5 Å². The van der Waals surface area contributed by atoms with Crippen molar-refractivity contribution in [1.82, 2.24) is 0 Å². The van der Waals surface area contributed by atoms with Crippen molar-refractivity contribution >= 4 is 5.97 Å². The van der Waals surface area contributed by atoms with Gasteiger partial charge in [-0.2, -0.15) is 0 Å². The van der Waals surface area contributed by atoms with E-state index in [2.05, 4.69) is 4.74 Å². The van der Waals surface area contributed by atoms with E-state index in [1.807, 2.05) is 0 Å². The highest BCUT2D eigenvalue weighted by molar-refractivity contribution is 5.87. The van der Waals surface area contributed by atoms with E-state index in [0.717, 1.165) is 12.1 Å². The molecule has 0 spiro atoms. The molecule has 92 valence electrons. The molecule has 0 atom stereocenters. The highest BCUT2D eigenvalue weighted by Gasteiger charge is 2.04. The van der Waals surface area contributed by atoms with Gasteiger partial charge in [-0.05, 0) is 25.1 Å². The highest BCUT2D eigenvalue weighted by Crippen LogP contribution is 2.15. The summed E-state index contributed by atoms with van der Waals surface area (Å²) in [6.07, 6.45) is 1.49. The highest BCUT2D eigenvalue weighted by atomic mass is 19.2. The normalized spacial score (nSPS) is 11.2. The van der Waals surface area contributed by atoms with E-state index in [-0.39, 0.29) is 12.4 Å². The van der Waals surface area contributed by atoms with Gasteiger partial charge in [0, 0.05) is 11.6 Å². The van der Waals surface area contributed by atoms with Crippen LogP contribution in [-0.2, 0) is 9.53 Å². The monoisotopic (exact) mass is 242 g/mol. The smallest absolute Gasteiger partial charge is 0.333 e. The Bertz CT molecular complexity index is 441. The van der Waals surface area contributed by atoms with E-state index in [1.54, 1.807) is 6.92 Å². The molecule has 0 aliphatic heterocycles. The van der Waals surface area contributed by atoms with Crippen LogP contribution in [0.3, 0.4) is 0 Å². The van der Waals surface area contributed by atoms with Crippen LogP contribution in [0.15, 0.2) is 29.8 Å². The van der Waals surface area contributed by atoms with Crippen LogP contribution in [0.2, 0.25) is 0 Å². The second-order valence-corrected chi connectivity index (χ2v) is 3.27. The van der Waals surface area contributed by atoms with Gasteiger partial charge < -0.3 is 9.47 Å². The topological polar surface area (TPSA) is 35.5 Å². The van der Waals surface area contributed by atoms with Crippen molar-refractivity contribution in [1.29, 1.82) is 0 Å². The van der Waals surface area contributed by atoms with E-state index >= 15 is 0 Å². The van der Waals surface area contributed by atoms with Gasteiger partial charge in [0.05, 0.1) is 7.11 Å². The number of methoxy groups -OCH3 is 1. The average Bonchev–Trinajstić information content (AvgIpc) is 2.32. The maximum absolute atomic E-state index is 12.8. The summed E-state index contributed by atoms with van der Waals surface area (Å²) in [5.41, 5.74) is 0.384. The summed E-state index contributed by atoms with van der Waals surface area (Å²) in [5.74, 6) is -2.17. The first kappa shape index (κ1) is 13.2. The molecule has 0 amide bonds. The van der Waals surface area contributed by atoms with Gasteiger partial charge in [-0.15, -0.1) is 0 Å². The summed E-state index contributed by atoms with van der Waals surface area (Å²) in [7, 11) is 1.27. The van der Waals surface area contributed by atoms with Crippen molar-refractivity contribution in [2.75, 3.05) is 13.7 Å².